The molecule has 5 nitrogen and oxygen atoms in total. The van der Waals surface area contributed by atoms with Crippen molar-refractivity contribution in [2.24, 2.45) is 5.41 Å². The number of aryl methyl sites for hydroxylation is 3. The fourth-order valence-electron chi connectivity index (χ4n) is 5.82. The van der Waals surface area contributed by atoms with Crippen molar-refractivity contribution in [1.29, 1.82) is 0 Å². The van der Waals surface area contributed by atoms with E-state index in [1.807, 2.05) is 4.90 Å². The van der Waals surface area contributed by atoms with Gasteiger partial charge in [-0.3, -0.25) is 0 Å². The van der Waals surface area contributed by atoms with Gasteiger partial charge in [-0.1, -0.05) is 29.4 Å². The van der Waals surface area contributed by atoms with E-state index >= 15 is 0 Å². The molecule has 2 aromatic heterocycles. The molecular weight excluding hydrogens is 465 g/mol. The molecule has 0 unspecified atom stereocenters. The lowest BCUT2D eigenvalue weighted by molar-refractivity contribution is -0.141. The van der Waals surface area contributed by atoms with E-state index in [9.17, 15) is 13.2 Å². The molecule has 2 fully saturated rings. The third kappa shape index (κ3) is 3.91. The van der Waals surface area contributed by atoms with Crippen molar-refractivity contribution in [3.63, 3.8) is 0 Å². The Morgan fingerprint density at radius 2 is 1.67 bits per heavy atom. The van der Waals surface area contributed by atoms with Crippen LogP contribution in [0.1, 0.15) is 71.7 Å². The van der Waals surface area contributed by atoms with Gasteiger partial charge in [0.25, 0.3) is 0 Å². The summed E-state index contributed by atoms with van der Waals surface area (Å²) in [6.45, 7) is 6.88. The Labute approximate surface area is 208 Å². The number of benzene rings is 1. The van der Waals surface area contributed by atoms with Gasteiger partial charge in [0.05, 0.1) is 0 Å². The third-order valence-electron chi connectivity index (χ3n) is 8.00. The van der Waals surface area contributed by atoms with Crippen LogP contribution >= 0.6 is 0 Å². The van der Waals surface area contributed by atoms with Crippen LogP contribution in [0.2, 0.25) is 0 Å². The van der Waals surface area contributed by atoms with Gasteiger partial charge in [-0.2, -0.15) is 13.2 Å². The minimum atomic E-state index is -4.48. The summed E-state index contributed by atoms with van der Waals surface area (Å²) in [7, 11) is 0. The highest BCUT2D eigenvalue weighted by atomic mass is 19.4. The molecule has 3 aromatic rings. The second-order valence-electron chi connectivity index (χ2n) is 10.7. The van der Waals surface area contributed by atoms with Gasteiger partial charge >= 0.3 is 6.18 Å². The first-order chi connectivity index (χ1) is 17.2. The lowest BCUT2D eigenvalue weighted by Gasteiger charge is -2.46. The summed E-state index contributed by atoms with van der Waals surface area (Å²) < 4.78 is 45.9. The standard InChI is InChI=1S/C28H29F3N4O/c1-16-5-4-6-17(2)21(16)23-22(24(36-34-23)19-7-8-19)20-13-27(14-20)9-11-35(12-10-27)26-32-15-18(3)25(33-26)28(29,30)31/h4-6,13,15,19H,7-12,14H2,1-3H3. The maximum absolute atomic E-state index is 13.3. The summed E-state index contributed by atoms with van der Waals surface area (Å²) in [6, 6.07) is 6.29. The number of allylic oxidation sites excluding steroid dienone is 2. The largest absolute Gasteiger partial charge is 0.433 e. The predicted molar refractivity (Wildman–Crippen MR) is 132 cm³/mol. The fourth-order valence-corrected chi connectivity index (χ4v) is 5.82. The smallest absolute Gasteiger partial charge is 0.360 e. The first-order valence-electron chi connectivity index (χ1n) is 12.6. The first-order valence-corrected chi connectivity index (χ1v) is 12.6. The molecule has 0 N–H and O–H groups in total. The first kappa shape index (κ1) is 23.3. The van der Waals surface area contributed by atoms with Gasteiger partial charge in [0, 0.05) is 36.3 Å². The number of nitrogens with zero attached hydrogens (tertiary/aromatic N) is 4. The van der Waals surface area contributed by atoms with E-state index in [2.05, 4.69) is 53.2 Å². The number of anilines is 1. The molecular formula is C28H29F3N4O. The normalized spacial score (nSPS) is 19.4. The van der Waals surface area contributed by atoms with Crippen LogP contribution in [0.3, 0.4) is 0 Å². The minimum absolute atomic E-state index is 0.0474. The highest BCUT2D eigenvalue weighted by Crippen LogP contribution is 2.56. The Morgan fingerprint density at radius 3 is 2.28 bits per heavy atom. The molecule has 0 bridgehead atoms. The quantitative estimate of drug-likeness (QED) is 0.390. The van der Waals surface area contributed by atoms with Crippen molar-refractivity contribution >= 4 is 11.5 Å². The van der Waals surface area contributed by atoms with Crippen LogP contribution in [0.15, 0.2) is 35.0 Å². The van der Waals surface area contributed by atoms with Crippen LogP contribution in [0.4, 0.5) is 19.1 Å². The van der Waals surface area contributed by atoms with Crippen LogP contribution in [0.25, 0.3) is 16.8 Å². The van der Waals surface area contributed by atoms with E-state index in [0.29, 0.717) is 19.0 Å². The highest BCUT2D eigenvalue weighted by Gasteiger charge is 2.44. The van der Waals surface area contributed by atoms with Crippen molar-refractivity contribution in [3.8, 4) is 11.3 Å². The van der Waals surface area contributed by atoms with Gasteiger partial charge < -0.3 is 9.42 Å². The monoisotopic (exact) mass is 494 g/mol. The Bertz CT molecular complexity index is 1340. The van der Waals surface area contributed by atoms with Crippen LogP contribution in [-0.2, 0) is 6.18 Å². The van der Waals surface area contributed by atoms with Crippen LogP contribution < -0.4 is 4.90 Å². The van der Waals surface area contributed by atoms with Gasteiger partial charge in [0.1, 0.15) is 11.5 Å². The van der Waals surface area contributed by atoms with E-state index in [-0.39, 0.29) is 16.9 Å². The molecule has 3 aliphatic rings. The summed E-state index contributed by atoms with van der Waals surface area (Å²) in [6.07, 6.45) is 4.10. The van der Waals surface area contributed by atoms with Crippen molar-refractivity contribution in [1.82, 2.24) is 15.1 Å². The molecule has 3 heterocycles. The number of hydrogen-bond acceptors (Lipinski definition) is 5. The van der Waals surface area contributed by atoms with Crippen LogP contribution in [0.5, 0.6) is 0 Å². The van der Waals surface area contributed by atoms with E-state index < -0.39 is 11.9 Å². The van der Waals surface area contributed by atoms with Crippen molar-refractivity contribution in [2.45, 2.75) is 65.0 Å². The molecule has 0 amide bonds. The number of alkyl halides is 3. The maximum atomic E-state index is 13.3. The van der Waals surface area contributed by atoms with E-state index in [4.69, 9.17) is 4.52 Å². The summed E-state index contributed by atoms with van der Waals surface area (Å²) in [5, 5.41) is 4.56. The molecule has 1 spiro atoms. The second kappa shape index (κ2) is 8.18. The van der Waals surface area contributed by atoms with Gasteiger partial charge in [-0.15, -0.1) is 0 Å². The van der Waals surface area contributed by atoms with Crippen molar-refractivity contribution < 1.29 is 17.7 Å². The number of piperidine rings is 1. The van der Waals surface area contributed by atoms with Gasteiger partial charge in [-0.25, -0.2) is 9.97 Å². The van der Waals surface area contributed by atoms with E-state index in [1.165, 1.54) is 35.4 Å². The summed E-state index contributed by atoms with van der Waals surface area (Å²) >= 11 is 0. The lowest BCUT2D eigenvalue weighted by Crippen LogP contribution is -2.43. The molecule has 1 saturated carbocycles. The van der Waals surface area contributed by atoms with E-state index in [0.717, 1.165) is 49.1 Å². The zero-order valence-electron chi connectivity index (χ0n) is 20.7. The number of halogens is 3. The number of hydrogen-bond donors (Lipinski definition) is 0. The van der Waals surface area contributed by atoms with Crippen LogP contribution in [0, 0.1) is 26.2 Å². The number of aromatic nitrogens is 3. The average Bonchev–Trinajstić information content (AvgIpc) is 3.57. The van der Waals surface area contributed by atoms with Gasteiger partial charge in [0.15, 0.2) is 5.69 Å². The lowest BCUT2D eigenvalue weighted by atomic mass is 9.63. The average molecular weight is 495 g/mol. The molecule has 1 aromatic carbocycles. The predicted octanol–water partition coefficient (Wildman–Crippen LogP) is 7.03. The Kier molecular flexibility index (Phi) is 5.28. The Balaban J connectivity index is 1.25. The SMILES string of the molecule is Cc1cnc(N2CCC3(C=C(c4c(-c5c(C)cccc5C)noc4C4CC4)C3)CC2)nc1C(F)(F)F. The summed E-state index contributed by atoms with van der Waals surface area (Å²) in [5.74, 6) is 1.63. The topological polar surface area (TPSA) is 55.1 Å². The third-order valence-corrected chi connectivity index (χ3v) is 8.00. The van der Waals surface area contributed by atoms with Gasteiger partial charge in [-0.05, 0) is 80.6 Å². The fraction of sp³-hybridized carbons (Fsp3) is 0.464. The molecule has 1 saturated heterocycles. The molecule has 0 atom stereocenters. The molecule has 6 rings (SSSR count). The molecule has 2 aliphatic carbocycles. The zero-order chi connectivity index (χ0) is 25.2. The summed E-state index contributed by atoms with van der Waals surface area (Å²) in [5.41, 5.74) is 6.17. The van der Waals surface area contributed by atoms with Gasteiger partial charge in [0.2, 0.25) is 5.95 Å². The zero-order valence-corrected chi connectivity index (χ0v) is 20.7. The molecule has 8 heteroatoms. The second-order valence-corrected chi connectivity index (χ2v) is 10.7. The highest BCUT2D eigenvalue weighted by molar-refractivity contribution is 5.86. The van der Waals surface area contributed by atoms with Crippen LogP contribution in [-0.4, -0.2) is 28.2 Å². The Hall–Kier alpha value is -3.16. The molecule has 188 valence electrons. The molecule has 1 aliphatic heterocycles. The maximum Gasteiger partial charge on any atom is 0.433 e. The van der Waals surface area contributed by atoms with Crippen molar-refractivity contribution in [2.75, 3.05) is 18.0 Å². The van der Waals surface area contributed by atoms with Crippen molar-refractivity contribution in [3.05, 3.63) is 64.2 Å². The Morgan fingerprint density at radius 1 is 1.00 bits per heavy atom. The number of rotatable bonds is 4. The molecule has 0 radical (unpaired) electrons. The summed E-state index contributed by atoms with van der Waals surface area (Å²) in [4.78, 5) is 9.95. The van der Waals surface area contributed by atoms with E-state index in [1.54, 1.807) is 0 Å². The molecule has 36 heavy (non-hydrogen) atoms. The minimum Gasteiger partial charge on any atom is -0.360 e.